The Balaban J connectivity index is 2.56. The Morgan fingerprint density at radius 1 is 1.38 bits per heavy atom. The van der Waals surface area contributed by atoms with Crippen LogP contribution in [0.1, 0.15) is 25.8 Å². The Bertz CT molecular complexity index is 336. The van der Waals surface area contributed by atoms with Crippen molar-refractivity contribution in [3.63, 3.8) is 0 Å². The molecule has 1 aromatic rings. The van der Waals surface area contributed by atoms with Crippen LogP contribution in [0.3, 0.4) is 0 Å². The van der Waals surface area contributed by atoms with Crippen molar-refractivity contribution in [1.29, 1.82) is 0 Å². The third-order valence-electron chi connectivity index (χ3n) is 2.03. The Hall–Kier alpha value is -0.960. The molecule has 0 N–H and O–H groups in total. The number of hydrogen-bond acceptors (Lipinski definition) is 3. The van der Waals surface area contributed by atoms with E-state index in [1.807, 2.05) is 30.8 Å². The highest BCUT2D eigenvalue weighted by atomic mass is 32.2. The molecule has 0 amide bonds. The van der Waals surface area contributed by atoms with Gasteiger partial charge in [-0.1, -0.05) is 19.1 Å². The number of benzene rings is 1. The largest absolute Gasteiger partial charge is 0.466 e. The Morgan fingerprint density at radius 3 is 2.88 bits per heavy atom. The molecule has 1 rings (SSSR count). The third kappa shape index (κ3) is 4.71. The lowest BCUT2D eigenvalue weighted by Crippen LogP contribution is -2.07. The molecule has 3 heteroatoms. The lowest BCUT2D eigenvalue weighted by atomic mass is 10.1. The van der Waals surface area contributed by atoms with Crippen LogP contribution in [-0.2, 0) is 16.0 Å². The van der Waals surface area contributed by atoms with E-state index in [9.17, 15) is 4.79 Å². The van der Waals surface area contributed by atoms with Crippen molar-refractivity contribution in [3.05, 3.63) is 29.8 Å². The molecule has 0 saturated carbocycles. The average molecular weight is 238 g/mol. The maximum atomic E-state index is 11.3. The molecule has 0 aliphatic rings. The van der Waals surface area contributed by atoms with Crippen molar-refractivity contribution in [2.75, 3.05) is 12.4 Å². The second kappa shape index (κ2) is 7.34. The zero-order chi connectivity index (χ0) is 11.8. The molecule has 0 aliphatic heterocycles. The lowest BCUT2D eigenvalue weighted by Gasteiger charge is -2.04. The number of thioether (sulfide) groups is 1. The van der Waals surface area contributed by atoms with Crippen molar-refractivity contribution >= 4 is 17.7 Å². The van der Waals surface area contributed by atoms with Crippen molar-refractivity contribution in [2.45, 2.75) is 31.6 Å². The van der Waals surface area contributed by atoms with E-state index in [1.165, 1.54) is 4.90 Å². The van der Waals surface area contributed by atoms with Gasteiger partial charge in [-0.3, -0.25) is 4.79 Å². The highest BCUT2D eigenvalue weighted by Crippen LogP contribution is 2.20. The van der Waals surface area contributed by atoms with Gasteiger partial charge in [0.1, 0.15) is 0 Å². The minimum absolute atomic E-state index is 0.153. The van der Waals surface area contributed by atoms with Gasteiger partial charge in [0.05, 0.1) is 13.0 Å². The summed E-state index contributed by atoms with van der Waals surface area (Å²) in [5, 5.41) is 0. The van der Waals surface area contributed by atoms with E-state index in [0.717, 1.165) is 17.7 Å². The quantitative estimate of drug-likeness (QED) is 0.562. The summed E-state index contributed by atoms with van der Waals surface area (Å²) < 4.78 is 4.92. The number of ether oxygens (including phenoxy) is 1. The van der Waals surface area contributed by atoms with Crippen LogP contribution >= 0.6 is 11.8 Å². The van der Waals surface area contributed by atoms with E-state index < -0.39 is 0 Å². The van der Waals surface area contributed by atoms with Gasteiger partial charge < -0.3 is 4.74 Å². The van der Waals surface area contributed by atoms with Gasteiger partial charge in [-0.2, -0.15) is 0 Å². The summed E-state index contributed by atoms with van der Waals surface area (Å²) in [7, 11) is 0. The summed E-state index contributed by atoms with van der Waals surface area (Å²) in [6.45, 7) is 4.43. The summed E-state index contributed by atoms with van der Waals surface area (Å²) in [4.78, 5) is 12.5. The Labute approximate surface area is 101 Å². The monoisotopic (exact) mass is 238 g/mol. The molecule has 0 bridgehead atoms. The van der Waals surface area contributed by atoms with Crippen LogP contribution in [0.25, 0.3) is 0 Å². The summed E-state index contributed by atoms with van der Waals surface area (Å²) in [5.74, 6) is 0.961. The maximum Gasteiger partial charge on any atom is 0.310 e. The highest BCUT2D eigenvalue weighted by Gasteiger charge is 2.04. The number of carbonyl (C=O) groups is 1. The van der Waals surface area contributed by atoms with Gasteiger partial charge in [-0.05, 0) is 36.8 Å². The first-order chi connectivity index (χ1) is 7.76. The van der Waals surface area contributed by atoms with E-state index >= 15 is 0 Å². The molecular formula is C13H18O2S. The van der Waals surface area contributed by atoms with Gasteiger partial charge in [0.2, 0.25) is 0 Å². The fourth-order valence-corrected chi connectivity index (χ4v) is 2.19. The molecule has 16 heavy (non-hydrogen) atoms. The van der Waals surface area contributed by atoms with Crippen molar-refractivity contribution in [3.8, 4) is 0 Å². The van der Waals surface area contributed by atoms with E-state index in [0.29, 0.717) is 13.0 Å². The molecule has 0 radical (unpaired) electrons. The van der Waals surface area contributed by atoms with E-state index in [2.05, 4.69) is 19.1 Å². The maximum absolute atomic E-state index is 11.3. The first-order valence-electron chi connectivity index (χ1n) is 5.63. The molecule has 0 heterocycles. The van der Waals surface area contributed by atoms with Crippen LogP contribution in [0.2, 0.25) is 0 Å². The number of hydrogen-bond donors (Lipinski definition) is 0. The lowest BCUT2D eigenvalue weighted by molar-refractivity contribution is -0.142. The van der Waals surface area contributed by atoms with Crippen LogP contribution < -0.4 is 0 Å². The van der Waals surface area contributed by atoms with Crippen molar-refractivity contribution in [1.82, 2.24) is 0 Å². The molecule has 2 nitrogen and oxygen atoms in total. The number of esters is 1. The van der Waals surface area contributed by atoms with Gasteiger partial charge in [0.15, 0.2) is 0 Å². The normalized spacial score (nSPS) is 10.1. The van der Waals surface area contributed by atoms with Gasteiger partial charge in [-0.25, -0.2) is 0 Å². The fourth-order valence-electron chi connectivity index (χ4n) is 1.34. The second-order valence-corrected chi connectivity index (χ2v) is 4.65. The van der Waals surface area contributed by atoms with Crippen LogP contribution in [0.5, 0.6) is 0 Å². The van der Waals surface area contributed by atoms with E-state index in [4.69, 9.17) is 4.74 Å². The summed E-state index contributed by atoms with van der Waals surface area (Å²) in [5.41, 5.74) is 1.03. The average Bonchev–Trinajstić information content (AvgIpc) is 2.27. The second-order valence-electron chi connectivity index (χ2n) is 3.48. The van der Waals surface area contributed by atoms with Crippen LogP contribution in [0.15, 0.2) is 29.2 Å². The minimum atomic E-state index is -0.153. The third-order valence-corrected chi connectivity index (χ3v) is 3.22. The standard InChI is InChI=1S/C13H18O2S/c1-3-8-16-12-7-5-6-11(9-12)10-13(14)15-4-2/h5-7,9H,3-4,8,10H2,1-2H3. The number of rotatable bonds is 6. The van der Waals surface area contributed by atoms with Gasteiger partial charge in [0.25, 0.3) is 0 Å². The predicted molar refractivity (Wildman–Crippen MR) is 67.8 cm³/mol. The van der Waals surface area contributed by atoms with Gasteiger partial charge in [0, 0.05) is 4.90 Å². The SMILES string of the molecule is CCCSc1cccc(CC(=O)OCC)c1. The van der Waals surface area contributed by atoms with Gasteiger partial charge >= 0.3 is 5.97 Å². The van der Waals surface area contributed by atoms with Crippen molar-refractivity contribution in [2.24, 2.45) is 0 Å². The highest BCUT2D eigenvalue weighted by molar-refractivity contribution is 7.99. The summed E-state index contributed by atoms with van der Waals surface area (Å²) in [6.07, 6.45) is 1.53. The van der Waals surface area contributed by atoms with Gasteiger partial charge in [-0.15, -0.1) is 11.8 Å². The molecule has 0 aromatic heterocycles. The van der Waals surface area contributed by atoms with Crippen LogP contribution in [0, 0.1) is 0 Å². The Kier molecular flexibility index (Phi) is 6.01. The smallest absolute Gasteiger partial charge is 0.310 e. The first kappa shape index (κ1) is 13.1. The molecular weight excluding hydrogens is 220 g/mol. The summed E-state index contributed by atoms with van der Waals surface area (Å²) >= 11 is 1.82. The minimum Gasteiger partial charge on any atom is -0.466 e. The molecule has 1 aromatic carbocycles. The molecule has 0 fully saturated rings. The van der Waals surface area contributed by atoms with Crippen molar-refractivity contribution < 1.29 is 9.53 Å². The molecule has 0 unspecified atom stereocenters. The summed E-state index contributed by atoms with van der Waals surface area (Å²) in [6, 6.07) is 8.10. The van der Waals surface area contributed by atoms with Crippen LogP contribution in [0.4, 0.5) is 0 Å². The van der Waals surface area contributed by atoms with E-state index in [1.54, 1.807) is 0 Å². The topological polar surface area (TPSA) is 26.3 Å². The molecule has 0 atom stereocenters. The molecule has 88 valence electrons. The Morgan fingerprint density at radius 2 is 2.19 bits per heavy atom. The molecule has 0 saturated heterocycles. The van der Waals surface area contributed by atoms with Crippen LogP contribution in [-0.4, -0.2) is 18.3 Å². The molecule has 0 aliphatic carbocycles. The fraction of sp³-hybridized carbons (Fsp3) is 0.462. The molecule has 0 spiro atoms. The first-order valence-corrected chi connectivity index (χ1v) is 6.62. The zero-order valence-electron chi connectivity index (χ0n) is 9.86. The van der Waals surface area contributed by atoms with E-state index in [-0.39, 0.29) is 5.97 Å². The number of carbonyl (C=O) groups excluding carboxylic acids is 1. The predicted octanol–water partition coefficient (Wildman–Crippen LogP) is 3.29. The zero-order valence-corrected chi connectivity index (χ0v) is 10.7.